The summed E-state index contributed by atoms with van der Waals surface area (Å²) in [5.41, 5.74) is 3.15. The summed E-state index contributed by atoms with van der Waals surface area (Å²) in [5.74, 6) is -0.559. The van der Waals surface area contributed by atoms with Crippen LogP contribution >= 0.6 is 11.6 Å². The van der Waals surface area contributed by atoms with Gasteiger partial charge in [0.15, 0.2) is 0 Å². The zero-order valence-corrected chi connectivity index (χ0v) is 17.0. The fraction of sp³-hybridized carbons (Fsp3) is 0.304. The SMILES string of the molecule is Cc1ccc(C2=C(N3CCCC(CO)C3)C(=O)N(c3ccc(Cl)cc3)C2=O)cc1. The molecule has 2 aliphatic heterocycles. The monoisotopic (exact) mass is 410 g/mol. The van der Waals surface area contributed by atoms with Gasteiger partial charge in [0.25, 0.3) is 11.8 Å². The molecule has 1 unspecified atom stereocenters. The van der Waals surface area contributed by atoms with Gasteiger partial charge in [-0.25, -0.2) is 4.90 Å². The topological polar surface area (TPSA) is 60.9 Å². The molecule has 0 bridgehead atoms. The number of amides is 2. The highest BCUT2D eigenvalue weighted by Crippen LogP contribution is 2.36. The maximum Gasteiger partial charge on any atom is 0.282 e. The first kappa shape index (κ1) is 19.7. The number of aliphatic hydroxyl groups is 1. The van der Waals surface area contributed by atoms with Crippen molar-refractivity contribution in [2.24, 2.45) is 5.92 Å². The Balaban J connectivity index is 1.80. The molecular formula is C23H23ClN2O3. The van der Waals surface area contributed by atoms with Gasteiger partial charge in [0, 0.05) is 24.7 Å². The molecule has 6 heteroatoms. The van der Waals surface area contributed by atoms with E-state index in [1.54, 1.807) is 24.3 Å². The number of hydrogen-bond acceptors (Lipinski definition) is 4. The molecule has 4 rings (SSSR count). The average Bonchev–Trinajstić information content (AvgIpc) is 2.99. The minimum absolute atomic E-state index is 0.0761. The minimum atomic E-state index is -0.331. The Morgan fingerprint density at radius 1 is 1.03 bits per heavy atom. The Labute approximate surface area is 175 Å². The number of aryl methyl sites for hydroxylation is 1. The van der Waals surface area contributed by atoms with Crippen LogP contribution in [-0.2, 0) is 9.59 Å². The molecule has 2 heterocycles. The van der Waals surface area contributed by atoms with Crippen LogP contribution in [0.3, 0.4) is 0 Å². The number of imide groups is 1. The molecule has 0 aliphatic carbocycles. The Hall–Kier alpha value is -2.63. The molecule has 2 aliphatic rings. The molecule has 2 amide bonds. The third-order valence-corrected chi connectivity index (χ3v) is 5.83. The fourth-order valence-corrected chi connectivity index (χ4v) is 4.16. The van der Waals surface area contributed by atoms with E-state index >= 15 is 0 Å². The lowest BCUT2D eigenvalue weighted by Crippen LogP contribution is -2.40. The molecule has 1 saturated heterocycles. The number of nitrogens with zero attached hydrogens (tertiary/aromatic N) is 2. The predicted molar refractivity (Wildman–Crippen MR) is 113 cm³/mol. The van der Waals surface area contributed by atoms with Gasteiger partial charge in [0.2, 0.25) is 0 Å². The standard InChI is InChI=1S/C23H23ClN2O3/c1-15-4-6-17(7-5-15)20-21(25-12-2-3-16(13-25)14-27)23(29)26(22(20)28)19-10-8-18(24)9-11-19/h4-11,16,27H,2-3,12-14H2,1H3. The van der Waals surface area contributed by atoms with Crippen LogP contribution in [0.25, 0.3) is 5.57 Å². The van der Waals surface area contributed by atoms with Crippen molar-refractivity contribution < 1.29 is 14.7 Å². The first-order chi connectivity index (χ1) is 14.0. The molecule has 0 spiro atoms. The van der Waals surface area contributed by atoms with E-state index in [9.17, 15) is 14.7 Å². The van der Waals surface area contributed by atoms with E-state index in [0.717, 1.165) is 24.0 Å². The van der Waals surface area contributed by atoms with Crippen LogP contribution in [0.2, 0.25) is 5.02 Å². The number of benzene rings is 2. The Morgan fingerprint density at radius 2 is 1.72 bits per heavy atom. The van der Waals surface area contributed by atoms with Crippen LogP contribution in [0.4, 0.5) is 5.69 Å². The number of halogens is 1. The summed E-state index contributed by atoms with van der Waals surface area (Å²) in [4.78, 5) is 30.1. The molecule has 1 atom stereocenters. The molecule has 2 aromatic rings. The van der Waals surface area contributed by atoms with Gasteiger partial charge < -0.3 is 10.0 Å². The van der Waals surface area contributed by atoms with Crippen LogP contribution in [0, 0.1) is 12.8 Å². The van der Waals surface area contributed by atoms with E-state index < -0.39 is 0 Å². The molecule has 0 aromatic heterocycles. The number of anilines is 1. The van der Waals surface area contributed by atoms with E-state index in [1.165, 1.54) is 4.90 Å². The number of aliphatic hydroxyl groups excluding tert-OH is 1. The van der Waals surface area contributed by atoms with E-state index in [1.807, 2.05) is 36.1 Å². The summed E-state index contributed by atoms with van der Waals surface area (Å²) >= 11 is 5.98. The Kier molecular flexibility index (Phi) is 5.43. The number of carbonyl (C=O) groups is 2. The van der Waals surface area contributed by atoms with Crippen molar-refractivity contribution in [1.82, 2.24) is 4.90 Å². The lowest BCUT2D eigenvalue weighted by molar-refractivity contribution is -0.120. The molecule has 2 aromatic carbocycles. The first-order valence-corrected chi connectivity index (χ1v) is 10.2. The highest BCUT2D eigenvalue weighted by atomic mass is 35.5. The van der Waals surface area contributed by atoms with Crippen LogP contribution in [0.5, 0.6) is 0 Å². The Bertz CT molecular complexity index is 967. The summed E-state index contributed by atoms with van der Waals surface area (Å²) in [6.07, 6.45) is 1.79. The van der Waals surface area contributed by atoms with Gasteiger partial charge >= 0.3 is 0 Å². The fourth-order valence-electron chi connectivity index (χ4n) is 4.03. The lowest BCUT2D eigenvalue weighted by atomic mass is 9.96. The molecule has 29 heavy (non-hydrogen) atoms. The number of hydrogen-bond donors (Lipinski definition) is 1. The molecule has 0 saturated carbocycles. The first-order valence-electron chi connectivity index (χ1n) is 9.81. The van der Waals surface area contributed by atoms with E-state index in [0.29, 0.717) is 35.1 Å². The lowest BCUT2D eigenvalue weighted by Gasteiger charge is -2.34. The molecule has 150 valence electrons. The average molecular weight is 411 g/mol. The molecule has 1 N–H and O–H groups in total. The van der Waals surface area contributed by atoms with Crippen LogP contribution < -0.4 is 4.90 Å². The van der Waals surface area contributed by atoms with E-state index in [4.69, 9.17) is 11.6 Å². The van der Waals surface area contributed by atoms with Gasteiger partial charge in [-0.15, -0.1) is 0 Å². The van der Waals surface area contributed by atoms with Crippen molar-refractivity contribution in [2.45, 2.75) is 19.8 Å². The third kappa shape index (κ3) is 3.68. The highest BCUT2D eigenvalue weighted by molar-refractivity contribution is 6.45. The van der Waals surface area contributed by atoms with Crippen molar-refractivity contribution in [3.05, 3.63) is 70.4 Å². The minimum Gasteiger partial charge on any atom is -0.396 e. The summed E-state index contributed by atoms with van der Waals surface area (Å²) < 4.78 is 0. The number of likely N-dealkylation sites (tertiary alicyclic amines) is 1. The second kappa shape index (κ2) is 8.01. The number of carbonyl (C=O) groups excluding carboxylic acids is 2. The molecule has 0 radical (unpaired) electrons. The van der Waals surface area contributed by atoms with Gasteiger partial charge in [0.1, 0.15) is 5.70 Å². The van der Waals surface area contributed by atoms with Crippen LogP contribution in [0.1, 0.15) is 24.0 Å². The van der Waals surface area contributed by atoms with Crippen molar-refractivity contribution in [3.8, 4) is 0 Å². The quantitative estimate of drug-likeness (QED) is 0.782. The van der Waals surface area contributed by atoms with Crippen molar-refractivity contribution >= 4 is 34.7 Å². The van der Waals surface area contributed by atoms with Gasteiger partial charge in [0.05, 0.1) is 11.3 Å². The van der Waals surface area contributed by atoms with E-state index in [2.05, 4.69) is 0 Å². The third-order valence-electron chi connectivity index (χ3n) is 5.58. The molecular weight excluding hydrogens is 388 g/mol. The highest BCUT2D eigenvalue weighted by Gasteiger charge is 2.43. The largest absolute Gasteiger partial charge is 0.396 e. The van der Waals surface area contributed by atoms with Crippen molar-refractivity contribution in [1.29, 1.82) is 0 Å². The van der Waals surface area contributed by atoms with Crippen molar-refractivity contribution in [2.75, 3.05) is 24.6 Å². The number of piperidine rings is 1. The smallest absolute Gasteiger partial charge is 0.282 e. The predicted octanol–water partition coefficient (Wildman–Crippen LogP) is 3.64. The maximum atomic E-state index is 13.5. The summed E-state index contributed by atoms with van der Waals surface area (Å²) in [6, 6.07) is 14.3. The zero-order valence-electron chi connectivity index (χ0n) is 16.3. The summed E-state index contributed by atoms with van der Waals surface area (Å²) in [5, 5.41) is 10.2. The van der Waals surface area contributed by atoms with Gasteiger partial charge in [-0.1, -0.05) is 41.4 Å². The zero-order chi connectivity index (χ0) is 20.5. The molecule has 1 fully saturated rings. The van der Waals surface area contributed by atoms with Crippen LogP contribution in [0.15, 0.2) is 54.2 Å². The van der Waals surface area contributed by atoms with Gasteiger partial charge in [-0.05, 0) is 55.5 Å². The van der Waals surface area contributed by atoms with Gasteiger partial charge in [-0.3, -0.25) is 9.59 Å². The maximum absolute atomic E-state index is 13.5. The second-order valence-electron chi connectivity index (χ2n) is 7.65. The summed E-state index contributed by atoms with van der Waals surface area (Å²) in [6.45, 7) is 3.31. The second-order valence-corrected chi connectivity index (χ2v) is 8.09. The summed E-state index contributed by atoms with van der Waals surface area (Å²) in [7, 11) is 0. The number of rotatable bonds is 4. The van der Waals surface area contributed by atoms with Crippen LogP contribution in [-0.4, -0.2) is 41.5 Å². The normalized spacial score (nSPS) is 20.0. The van der Waals surface area contributed by atoms with Gasteiger partial charge in [-0.2, -0.15) is 0 Å². The Morgan fingerprint density at radius 3 is 2.38 bits per heavy atom. The molecule has 5 nitrogen and oxygen atoms in total. The van der Waals surface area contributed by atoms with Crippen molar-refractivity contribution in [3.63, 3.8) is 0 Å². The van der Waals surface area contributed by atoms with E-state index in [-0.39, 0.29) is 24.3 Å².